The second kappa shape index (κ2) is 8.34. The molecule has 0 N–H and O–H groups in total. The van der Waals surface area contributed by atoms with E-state index in [9.17, 15) is 0 Å². The van der Waals surface area contributed by atoms with Gasteiger partial charge < -0.3 is 9.30 Å². The van der Waals surface area contributed by atoms with Crippen LogP contribution in [-0.2, 0) is 13.7 Å². The summed E-state index contributed by atoms with van der Waals surface area (Å²) >= 11 is 0. The first-order chi connectivity index (χ1) is 12.3. The average Bonchev–Trinajstić information content (AvgIpc) is 3.02. The molecule has 0 unspecified atom stereocenters. The molecule has 128 valence electrons. The van der Waals surface area contributed by atoms with Crippen LogP contribution in [0.2, 0.25) is 0 Å². The molecule has 3 rings (SSSR count). The van der Waals surface area contributed by atoms with E-state index in [1.807, 2.05) is 43.6 Å². The first kappa shape index (κ1) is 17.0. The van der Waals surface area contributed by atoms with Gasteiger partial charge in [0.05, 0.1) is 11.9 Å². The molecule has 0 bridgehead atoms. The van der Waals surface area contributed by atoms with Crippen molar-refractivity contribution < 1.29 is 4.74 Å². The van der Waals surface area contributed by atoms with Crippen LogP contribution < -0.4 is 4.74 Å². The zero-order valence-corrected chi connectivity index (χ0v) is 14.9. The van der Waals surface area contributed by atoms with Crippen molar-refractivity contribution in [2.45, 2.75) is 26.4 Å². The molecule has 0 aliphatic rings. The third-order valence-electron chi connectivity index (χ3n) is 4.14. The second-order valence-electron chi connectivity index (χ2n) is 6.05. The van der Waals surface area contributed by atoms with Gasteiger partial charge in [0.1, 0.15) is 18.2 Å². The minimum atomic E-state index is 0.582. The minimum Gasteiger partial charge on any atom is -0.489 e. The minimum absolute atomic E-state index is 0.582. The van der Waals surface area contributed by atoms with E-state index < -0.39 is 0 Å². The maximum absolute atomic E-state index is 5.85. The molecule has 0 radical (unpaired) electrons. The number of imidazole rings is 1. The number of aromatic nitrogens is 2. The molecule has 0 saturated carbocycles. The van der Waals surface area contributed by atoms with Crippen molar-refractivity contribution in [1.29, 1.82) is 0 Å². The van der Waals surface area contributed by atoms with Crippen LogP contribution in [0.25, 0.3) is 17.3 Å². The Kier molecular flexibility index (Phi) is 5.68. The summed E-state index contributed by atoms with van der Waals surface area (Å²) in [6.07, 6.45) is 8.41. The summed E-state index contributed by atoms with van der Waals surface area (Å²) in [6, 6.07) is 18.4. The molecule has 0 fully saturated rings. The summed E-state index contributed by atoms with van der Waals surface area (Å²) in [5.74, 6) is 1.85. The van der Waals surface area contributed by atoms with Gasteiger partial charge in [-0.2, -0.15) is 0 Å². The largest absolute Gasteiger partial charge is 0.489 e. The van der Waals surface area contributed by atoms with Gasteiger partial charge in [-0.05, 0) is 42.3 Å². The third kappa shape index (κ3) is 4.38. The fourth-order valence-electron chi connectivity index (χ4n) is 2.67. The topological polar surface area (TPSA) is 27.1 Å². The first-order valence-electron chi connectivity index (χ1n) is 8.73. The Bertz CT molecular complexity index is 817. The summed E-state index contributed by atoms with van der Waals surface area (Å²) in [6.45, 7) is 2.76. The summed E-state index contributed by atoms with van der Waals surface area (Å²) in [7, 11) is 2.05. The van der Waals surface area contributed by atoms with E-state index >= 15 is 0 Å². The summed E-state index contributed by atoms with van der Waals surface area (Å²) in [5, 5.41) is 0. The summed E-state index contributed by atoms with van der Waals surface area (Å²) in [4.78, 5) is 4.51. The van der Waals surface area contributed by atoms with Gasteiger partial charge in [-0.1, -0.05) is 49.8 Å². The molecule has 2 aromatic carbocycles. The monoisotopic (exact) mass is 332 g/mol. The standard InChI is InChI=1S/C22H24N2O/c1-3-4-6-11-22-23-16-21(24(22)2)19-12-14-20(15-13-19)25-17-18-9-7-5-8-10-18/h5-16H,3-4,17H2,1-2H3/b11-6+. The Morgan fingerprint density at radius 2 is 1.80 bits per heavy atom. The fraction of sp³-hybridized carbons (Fsp3) is 0.227. The Morgan fingerprint density at radius 3 is 2.52 bits per heavy atom. The highest BCUT2D eigenvalue weighted by Crippen LogP contribution is 2.23. The van der Waals surface area contributed by atoms with Crippen molar-refractivity contribution in [2.24, 2.45) is 7.05 Å². The highest BCUT2D eigenvalue weighted by Gasteiger charge is 2.07. The van der Waals surface area contributed by atoms with Crippen LogP contribution in [0.1, 0.15) is 31.2 Å². The van der Waals surface area contributed by atoms with E-state index in [0.29, 0.717) is 6.61 Å². The maximum atomic E-state index is 5.85. The molecule has 0 spiro atoms. The van der Waals surface area contributed by atoms with Gasteiger partial charge in [0, 0.05) is 12.6 Å². The number of nitrogens with zero attached hydrogens (tertiary/aromatic N) is 2. The highest BCUT2D eigenvalue weighted by molar-refractivity contribution is 5.62. The molecular weight excluding hydrogens is 308 g/mol. The molecule has 0 saturated heterocycles. The van der Waals surface area contributed by atoms with Crippen LogP contribution in [-0.4, -0.2) is 9.55 Å². The zero-order valence-electron chi connectivity index (χ0n) is 14.9. The number of ether oxygens (including phenoxy) is 1. The number of rotatable bonds is 7. The smallest absolute Gasteiger partial charge is 0.132 e. The highest BCUT2D eigenvalue weighted by atomic mass is 16.5. The molecule has 1 aromatic heterocycles. The summed E-state index contributed by atoms with van der Waals surface area (Å²) < 4.78 is 7.97. The first-order valence-corrected chi connectivity index (χ1v) is 8.73. The normalized spacial score (nSPS) is 11.1. The molecule has 0 amide bonds. The van der Waals surface area contributed by atoms with Gasteiger partial charge in [0.15, 0.2) is 0 Å². The van der Waals surface area contributed by atoms with E-state index in [1.54, 1.807) is 0 Å². The lowest BCUT2D eigenvalue weighted by atomic mass is 10.1. The predicted octanol–water partition coefficient (Wildman–Crippen LogP) is 5.48. The van der Waals surface area contributed by atoms with Crippen LogP contribution in [0, 0.1) is 0 Å². The Hall–Kier alpha value is -2.81. The van der Waals surface area contributed by atoms with E-state index in [-0.39, 0.29) is 0 Å². The van der Waals surface area contributed by atoms with Crippen molar-refractivity contribution in [2.75, 3.05) is 0 Å². The Morgan fingerprint density at radius 1 is 1.04 bits per heavy atom. The number of hydrogen-bond acceptors (Lipinski definition) is 2. The molecule has 1 heterocycles. The van der Waals surface area contributed by atoms with Crippen LogP contribution >= 0.6 is 0 Å². The lowest BCUT2D eigenvalue weighted by molar-refractivity contribution is 0.306. The molecule has 0 aliphatic carbocycles. The molecule has 0 aliphatic heterocycles. The lowest BCUT2D eigenvalue weighted by Gasteiger charge is -2.08. The number of benzene rings is 2. The zero-order chi connectivity index (χ0) is 17.5. The van der Waals surface area contributed by atoms with Crippen LogP contribution in [0.5, 0.6) is 5.75 Å². The van der Waals surface area contributed by atoms with Gasteiger partial charge in [-0.15, -0.1) is 0 Å². The van der Waals surface area contributed by atoms with Gasteiger partial charge in [-0.3, -0.25) is 0 Å². The van der Waals surface area contributed by atoms with E-state index in [1.165, 1.54) is 5.56 Å². The molecule has 3 nitrogen and oxygen atoms in total. The van der Waals surface area contributed by atoms with Crippen LogP contribution in [0.4, 0.5) is 0 Å². The van der Waals surface area contributed by atoms with Crippen LogP contribution in [0.3, 0.4) is 0 Å². The van der Waals surface area contributed by atoms with Crippen molar-refractivity contribution in [3.05, 3.63) is 78.3 Å². The molecule has 3 aromatic rings. The quantitative estimate of drug-likeness (QED) is 0.573. The Balaban J connectivity index is 1.68. The molecule has 0 atom stereocenters. The number of allylic oxidation sites excluding steroid dienone is 1. The second-order valence-corrected chi connectivity index (χ2v) is 6.05. The summed E-state index contributed by atoms with van der Waals surface area (Å²) in [5.41, 5.74) is 3.41. The van der Waals surface area contributed by atoms with Gasteiger partial charge in [0.2, 0.25) is 0 Å². The maximum Gasteiger partial charge on any atom is 0.132 e. The van der Waals surface area contributed by atoms with Crippen LogP contribution in [0.15, 0.2) is 66.9 Å². The van der Waals surface area contributed by atoms with Gasteiger partial charge in [0.25, 0.3) is 0 Å². The van der Waals surface area contributed by atoms with E-state index in [0.717, 1.165) is 35.7 Å². The van der Waals surface area contributed by atoms with E-state index in [4.69, 9.17) is 4.74 Å². The van der Waals surface area contributed by atoms with Crippen molar-refractivity contribution in [1.82, 2.24) is 9.55 Å². The molecular formula is C22H24N2O. The van der Waals surface area contributed by atoms with Crippen molar-refractivity contribution >= 4 is 6.08 Å². The SMILES string of the molecule is CCC/C=C/c1ncc(-c2ccc(OCc3ccccc3)cc2)n1C. The lowest BCUT2D eigenvalue weighted by Crippen LogP contribution is -1.96. The molecule has 25 heavy (non-hydrogen) atoms. The third-order valence-corrected chi connectivity index (χ3v) is 4.14. The van der Waals surface area contributed by atoms with E-state index in [2.05, 4.69) is 52.9 Å². The predicted molar refractivity (Wildman–Crippen MR) is 103 cm³/mol. The fourth-order valence-corrected chi connectivity index (χ4v) is 2.67. The van der Waals surface area contributed by atoms with Gasteiger partial charge in [-0.25, -0.2) is 4.98 Å². The number of hydrogen-bond donors (Lipinski definition) is 0. The Labute approximate surface area is 149 Å². The number of unbranched alkanes of at least 4 members (excludes halogenated alkanes) is 1. The van der Waals surface area contributed by atoms with Gasteiger partial charge >= 0.3 is 0 Å². The average molecular weight is 332 g/mol. The van der Waals surface area contributed by atoms with Crippen molar-refractivity contribution in [3.63, 3.8) is 0 Å². The van der Waals surface area contributed by atoms with Crippen molar-refractivity contribution in [3.8, 4) is 17.0 Å². The molecule has 3 heteroatoms.